The molecule has 1 amide bonds. The number of Topliss-reactive ketones (excluding diaryl/α,β-unsaturated/α-hetero) is 1. The number of hydrogen-bond acceptors (Lipinski definition) is 7. The minimum atomic E-state index is -3.49. The van der Waals surface area contributed by atoms with Gasteiger partial charge in [0.2, 0.25) is 0 Å². The molecule has 9 heteroatoms. The Labute approximate surface area is 153 Å². The fourth-order valence-electron chi connectivity index (χ4n) is 2.53. The lowest BCUT2D eigenvalue weighted by molar-refractivity contribution is -0.119. The maximum Gasteiger partial charge on any atom is 0.408 e. The summed E-state index contributed by atoms with van der Waals surface area (Å²) in [4.78, 5) is 24.6. The molecule has 1 aliphatic heterocycles. The molecular weight excluding hydrogens is 359 g/mol. The molecular formula is C17H25N2O6P. The van der Waals surface area contributed by atoms with E-state index in [0.29, 0.717) is 6.42 Å². The highest BCUT2D eigenvalue weighted by molar-refractivity contribution is 7.54. The first-order chi connectivity index (χ1) is 12.5. The molecule has 144 valence electrons. The summed E-state index contributed by atoms with van der Waals surface area (Å²) >= 11 is 0. The first kappa shape index (κ1) is 20.6. The highest BCUT2D eigenvalue weighted by Crippen LogP contribution is 2.46. The first-order valence-electron chi connectivity index (χ1n) is 8.37. The second kappa shape index (κ2) is 9.83. The van der Waals surface area contributed by atoms with Crippen LogP contribution in [0.15, 0.2) is 30.3 Å². The molecule has 1 fully saturated rings. The van der Waals surface area contributed by atoms with Crippen molar-refractivity contribution >= 4 is 19.5 Å². The number of hydrogen-bond donors (Lipinski definition) is 2. The molecule has 0 bridgehead atoms. The van der Waals surface area contributed by atoms with Gasteiger partial charge in [-0.2, -0.15) is 0 Å². The molecule has 2 rings (SSSR count). The van der Waals surface area contributed by atoms with Gasteiger partial charge in [0.1, 0.15) is 12.8 Å². The summed E-state index contributed by atoms with van der Waals surface area (Å²) in [5.74, 6) is -0.136. The van der Waals surface area contributed by atoms with Gasteiger partial charge >= 0.3 is 13.7 Å². The van der Waals surface area contributed by atoms with Crippen LogP contribution in [0.25, 0.3) is 0 Å². The molecule has 1 unspecified atom stereocenters. The zero-order valence-corrected chi connectivity index (χ0v) is 15.9. The molecule has 0 aliphatic carbocycles. The predicted molar refractivity (Wildman–Crippen MR) is 96.0 cm³/mol. The standard InChI is InChI=1S/C17H25N2O6P/c1-23-26(22,24-2)12-16(20)15(8-14-9-18-10-14)19-17(21)25-11-13-6-4-3-5-7-13/h3-7,14-15,18H,8-12H2,1-2H3,(H,19,21). The molecule has 1 atom stereocenters. The summed E-state index contributed by atoms with van der Waals surface area (Å²) in [5.41, 5.74) is 0.844. The number of amides is 1. The van der Waals surface area contributed by atoms with E-state index in [9.17, 15) is 14.2 Å². The van der Waals surface area contributed by atoms with Crippen molar-refractivity contribution in [3.05, 3.63) is 35.9 Å². The molecule has 8 nitrogen and oxygen atoms in total. The summed E-state index contributed by atoms with van der Waals surface area (Å²) in [6, 6.07) is 8.43. The Hall–Kier alpha value is -1.73. The molecule has 0 saturated carbocycles. The number of ketones is 1. The summed E-state index contributed by atoms with van der Waals surface area (Å²) in [6.45, 7) is 1.65. The Balaban J connectivity index is 1.93. The van der Waals surface area contributed by atoms with Crippen molar-refractivity contribution in [2.45, 2.75) is 19.1 Å². The number of nitrogens with one attached hydrogen (secondary N) is 2. The summed E-state index contributed by atoms with van der Waals surface area (Å²) in [7, 11) is -1.04. The van der Waals surface area contributed by atoms with E-state index >= 15 is 0 Å². The number of alkyl carbamates (subject to hydrolysis) is 1. The Morgan fingerprint density at radius 3 is 2.42 bits per heavy atom. The molecule has 1 aromatic rings. The van der Waals surface area contributed by atoms with Crippen LogP contribution in [-0.4, -0.2) is 51.4 Å². The van der Waals surface area contributed by atoms with E-state index in [1.54, 1.807) is 0 Å². The monoisotopic (exact) mass is 384 g/mol. The van der Waals surface area contributed by atoms with Crippen LogP contribution >= 0.6 is 7.60 Å². The molecule has 26 heavy (non-hydrogen) atoms. The quantitative estimate of drug-likeness (QED) is 0.594. The lowest BCUT2D eigenvalue weighted by Crippen LogP contribution is -2.50. The number of carbonyl (C=O) groups is 2. The van der Waals surface area contributed by atoms with Crippen LogP contribution in [0, 0.1) is 5.92 Å². The Bertz CT molecular complexity index is 642. The van der Waals surface area contributed by atoms with Gasteiger partial charge in [-0.15, -0.1) is 0 Å². The number of ether oxygens (including phenoxy) is 1. The SMILES string of the molecule is COP(=O)(CC(=O)C(CC1CNC1)NC(=O)OCc1ccccc1)OC. The van der Waals surface area contributed by atoms with Crippen LogP contribution in [0.3, 0.4) is 0 Å². The second-order valence-electron chi connectivity index (χ2n) is 6.12. The van der Waals surface area contributed by atoms with Crippen molar-refractivity contribution in [3.8, 4) is 0 Å². The summed E-state index contributed by atoms with van der Waals surface area (Å²) in [6.07, 6.45) is -0.645. The van der Waals surface area contributed by atoms with Gasteiger partial charge in [0, 0.05) is 14.2 Å². The van der Waals surface area contributed by atoms with Crippen molar-refractivity contribution < 1.29 is 27.9 Å². The van der Waals surface area contributed by atoms with E-state index in [1.165, 1.54) is 14.2 Å². The molecule has 1 heterocycles. The zero-order chi connectivity index (χ0) is 19.0. The number of benzene rings is 1. The molecule has 1 aromatic carbocycles. The fourth-order valence-corrected chi connectivity index (χ4v) is 3.54. The van der Waals surface area contributed by atoms with E-state index in [2.05, 4.69) is 10.6 Å². The van der Waals surface area contributed by atoms with Crippen molar-refractivity contribution in [1.82, 2.24) is 10.6 Å². The van der Waals surface area contributed by atoms with Crippen molar-refractivity contribution in [2.24, 2.45) is 5.92 Å². The van der Waals surface area contributed by atoms with Crippen LogP contribution in [-0.2, 0) is 29.8 Å². The summed E-state index contributed by atoms with van der Waals surface area (Å²) in [5, 5.41) is 5.70. The third-order valence-electron chi connectivity index (χ3n) is 4.23. The van der Waals surface area contributed by atoms with Gasteiger partial charge in [-0.25, -0.2) is 4.79 Å². The topological polar surface area (TPSA) is 103 Å². The van der Waals surface area contributed by atoms with Gasteiger partial charge in [0.15, 0.2) is 5.78 Å². The van der Waals surface area contributed by atoms with Crippen molar-refractivity contribution in [2.75, 3.05) is 33.5 Å². The minimum absolute atomic E-state index is 0.104. The smallest absolute Gasteiger partial charge is 0.408 e. The first-order valence-corrected chi connectivity index (χ1v) is 10.1. The van der Waals surface area contributed by atoms with Crippen LogP contribution in [0.4, 0.5) is 4.79 Å². The van der Waals surface area contributed by atoms with E-state index in [1.807, 2.05) is 30.3 Å². The molecule has 1 aliphatic rings. The van der Waals surface area contributed by atoms with Crippen LogP contribution in [0.2, 0.25) is 0 Å². The number of carbonyl (C=O) groups excluding carboxylic acids is 2. The predicted octanol–water partition coefficient (Wildman–Crippen LogP) is 1.95. The Morgan fingerprint density at radius 2 is 1.88 bits per heavy atom. The van der Waals surface area contributed by atoms with Gasteiger partial charge < -0.3 is 24.4 Å². The molecule has 2 N–H and O–H groups in total. The highest BCUT2D eigenvalue weighted by Gasteiger charge is 2.33. The van der Waals surface area contributed by atoms with Crippen molar-refractivity contribution in [1.29, 1.82) is 0 Å². The van der Waals surface area contributed by atoms with Crippen LogP contribution < -0.4 is 10.6 Å². The normalized spacial score (nSPS) is 15.8. The van der Waals surface area contributed by atoms with Gasteiger partial charge in [-0.1, -0.05) is 30.3 Å². The fraction of sp³-hybridized carbons (Fsp3) is 0.529. The van der Waals surface area contributed by atoms with Gasteiger partial charge in [0.05, 0.1) is 6.04 Å². The van der Waals surface area contributed by atoms with Crippen LogP contribution in [0.5, 0.6) is 0 Å². The van der Waals surface area contributed by atoms with Gasteiger partial charge in [-0.05, 0) is 31.0 Å². The van der Waals surface area contributed by atoms with E-state index in [-0.39, 0.29) is 12.5 Å². The third kappa shape index (κ3) is 6.21. The maximum atomic E-state index is 12.5. The average Bonchev–Trinajstić information content (AvgIpc) is 2.62. The lowest BCUT2D eigenvalue weighted by Gasteiger charge is -2.30. The molecule has 0 spiro atoms. The maximum absolute atomic E-state index is 12.5. The van der Waals surface area contributed by atoms with E-state index in [0.717, 1.165) is 18.7 Å². The van der Waals surface area contributed by atoms with Gasteiger partial charge in [0.25, 0.3) is 0 Å². The van der Waals surface area contributed by atoms with E-state index in [4.69, 9.17) is 13.8 Å². The number of rotatable bonds is 10. The zero-order valence-electron chi connectivity index (χ0n) is 15.0. The van der Waals surface area contributed by atoms with Crippen molar-refractivity contribution in [3.63, 3.8) is 0 Å². The van der Waals surface area contributed by atoms with E-state index < -0.39 is 31.7 Å². The summed E-state index contributed by atoms with van der Waals surface area (Å²) < 4.78 is 27.0. The Kier molecular flexibility index (Phi) is 7.78. The highest BCUT2D eigenvalue weighted by atomic mass is 31.2. The van der Waals surface area contributed by atoms with Crippen LogP contribution in [0.1, 0.15) is 12.0 Å². The largest absolute Gasteiger partial charge is 0.445 e. The lowest BCUT2D eigenvalue weighted by atomic mass is 9.93. The molecule has 1 saturated heterocycles. The second-order valence-corrected chi connectivity index (χ2v) is 8.39. The minimum Gasteiger partial charge on any atom is -0.445 e. The average molecular weight is 384 g/mol. The Morgan fingerprint density at radius 1 is 1.23 bits per heavy atom. The third-order valence-corrected chi connectivity index (χ3v) is 6.05. The van der Waals surface area contributed by atoms with Gasteiger partial charge in [-0.3, -0.25) is 9.36 Å². The molecule has 0 aromatic heterocycles. The molecule has 0 radical (unpaired) electrons.